The number of amides is 1. The molecule has 1 atom stereocenters. The Labute approximate surface area is 130 Å². The summed E-state index contributed by atoms with van der Waals surface area (Å²) >= 11 is 0. The zero-order valence-corrected chi connectivity index (χ0v) is 12.9. The third-order valence-corrected chi connectivity index (χ3v) is 3.76. The lowest BCUT2D eigenvalue weighted by Gasteiger charge is -2.25. The van der Waals surface area contributed by atoms with Crippen molar-refractivity contribution < 1.29 is 9.53 Å². The Hall–Kier alpha value is -2.80. The first-order valence-electron chi connectivity index (χ1n) is 6.98. The maximum atomic E-state index is 12.5. The second-order valence-corrected chi connectivity index (χ2v) is 5.05. The second-order valence-electron chi connectivity index (χ2n) is 5.05. The highest BCUT2D eigenvalue weighted by molar-refractivity contribution is 5.94. The third-order valence-electron chi connectivity index (χ3n) is 3.76. The van der Waals surface area contributed by atoms with E-state index in [1.165, 1.54) is 0 Å². The number of nitrogens with zero attached hydrogens (tertiary/aromatic N) is 2. The van der Waals surface area contributed by atoms with E-state index in [1.54, 1.807) is 43.3 Å². The van der Waals surface area contributed by atoms with Crippen molar-refractivity contribution in [3.05, 3.63) is 65.2 Å². The lowest BCUT2D eigenvalue weighted by atomic mass is 10.1. The Morgan fingerprint density at radius 3 is 2.23 bits per heavy atom. The van der Waals surface area contributed by atoms with E-state index < -0.39 is 0 Å². The molecule has 2 aromatic carbocycles. The normalized spacial score (nSPS) is 11.4. The van der Waals surface area contributed by atoms with Crippen LogP contribution in [0.25, 0.3) is 0 Å². The van der Waals surface area contributed by atoms with Crippen LogP contribution in [0.4, 0.5) is 0 Å². The number of hydrogen-bond donors (Lipinski definition) is 0. The molecule has 0 radical (unpaired) electrons. The largest absolute Gasteiger partial charge is 0.497 e. The molecule has 0 spiro atoms. The fourth-order valence-electron chi connectivity index (χ4n) is 2.17. The molecular formula is C18H18N2O2. The molecule has 0 aliphatic carbocycles. The minimum absolute atomic E-state index is 0.0611. The number of nitriles is 1. The van der Waals surface area contributed by atoms with Crippen LogP contribution in [0.5, 0.6) is 5.75 Å². The minimum atomic E-state index is -0.0761. The van der Waals surface area contributed by atoms with E-state index in [0.29, 0.717) is 11.1 Å². The van der Waals surface area contributed by atoms with Gasteiger partial charge in [-0.1, -0.05) is 12.1 Å². The van der Waals surface area contributed by atoms with Crippen LogP contribution in [0.2, 0.25) is 0 Å². The lowest BCUT2D eigenvalue weighted by molar-refractivity contribution is 0.0742. The van der Waals surface area contributed by atoms with Gasteiger partial charge >= 0.3 is 0 Å². The van der Waals surface area contributed by atoms with Gasteiger partial charge in [0.15, 0.2) is 0 Å². The Morgan fingerprint density at radius 2 is 1.73 bits per heavy atom. The molecule has 0 bridgehead atoms. The fraction of sp³-hybridized carbons (Fsp3) is 0.222. The molecular weight excluding hydrogens is 276 g/mol. The fourth-order valence-corrected chi connectivity index (χ4v) is 2.17. The van der Waals surface area contributed by atoms with Gasteiger partial charge in [0.05, 0.1) is 24.8 Å². The molecule has 4 nitrogen and oxygen atoms in total. The number of methoxy groups -OCH3 is 1. The van der Waals surface area contributed by atoms with Gasteiger partial charge in [-0.05, 0) is 48.9 Å². The van der Waals surface area contributed by atoms with Gasteiger partial charge in [-0.2, -0.15) is 5.26 Å². The molecule has 2 rings (SSSR count). The van der Waals surface area contributed by atoms with Gasteiger partial charge < -0.3 is 9.64 Å². The molecule has 0 saturated carbocycles. The van der Waals surface area contributed by atoms with Crippen molar-refractivity contribution in [3.8, 4) is 11.8 Å². The van der Waals surface area contributed by atoms with E-state index in [4.69, 9.17) is 10.00 Å². The molecule has 2 aromatic rings. The predicted octanol–water partition coefficient (Wildman–Crippen LogP) is 3.40. The second kappa shape index (κ2) is 6.77. The standard InChI is InChI=1S/C18H18N2O2/c1-13(15-8-10-17(22-3)11-9-15)20(2)18(21)16-6-4-14(12-19)5-7-16/h4-11,13H,1-3H3. The number of ether oxygens (including phenoxy) is 1. The molecule has 22 heavy (non-hydrogen) atoms. The summed E-state index contributed by atoms with van der Waals surface area (Å²) in [6.45, 7) is 1.98. The Balaban J connectivity index is 2.15. The summed E-state index contributed by atoms with van der Waals surface area (Å²) in [5.41, 5.74) is 2.15. The van der Waals surface area contributed by atoms with Crippen LogP contribution in [-0.4, -0.2) is 25.0 Å². The zero-order chi connectivity index (χ0) is 16.1. The van der Waals surface area contributed by atoms with E-state index in [-0.39, 0.29) is 11.9 Å². The Kier molecular flexibility index (Phi) is 4.80. The first-order chi connectivity index (χ1) is 10.6. The summed E-state index contributed by atoms with van der Waals surface area (Å²) < 4.78 is 5.14. The maximum absolute atomic E-state index is 12.5. The van der Waals surface area contributed by atoms with E-state index in [2.05, 4.69) is 0 Å². The average Bonchev–Trinajstić information content (AvgIpc) is 2.60. The molecule has 0 N–H and O–H groups in total. The SMILES string of the molecule is COc1ccc(C(C)N(C)C(=O)c2ccc(C#N)cc2)cc1. The topological polar surface area (TPSA) is 53.3 Å². The molecule has 0 fully saturated rings. The van der Waals surface area contributed by atoms with Crippen LogP contribution in [0.15, 0.2) is 48.5 Å². The molecule has 1 amide bonds. The predicted molar refractivity (Wildman–Crippen MR) is 84.7 cm³/mol. The maximum Gasteiger partial charge on any atom is 0.254 e. The number of benzene rings is 2. The molecule has 1 unspecified atom stereocenters. The number of rotatable bonds is 4. The van der Waals surface area contributed by atoms with Crippen LogP contribution in [0.1, 0.15) is 34.5 Å². The highest BCUT2D eigenvalue weighted by atomic mass is 16.5. The molecule has 112 valence electrons. The van der Waals surface area contributed by atoms with E-state index in [1.807, 2.05) is 37.3 Å². The van der Waals surface area contributed by atoms with Gasteiger partial charge in [0.1, 0.15) is 5.75 Å². The van der Waals surface area contributed by atoms with Crippen molar-refractivity contribution >= 4 is 5.91 Å². The number of carbonyl (C=O) groups is 1. The van der Waals surface area contributed by atoms with E-state index in [0.717, 1.165) is 11.3 Å². The van der Waals surface area contributed by atoms with Crippen molar-refractivity contribution in [1.29, 1.82) is 5.26 Å². The smallest absolute Gasteiger partial charge is 0.254 e. The summed E-state index contributed by atoms with van der Waals surface area (Å²) in [6, 6.07) is 16.3. The van der Waals surface area contributed by atoms with Crippen molar-refractivity contribution in [2.75, 3.05) is 14.2 Å². The van der Waals surface area contributed by atoms with Gasteiger partial charge in [0, 0.05) is 12.6 Å². The monoisotopic (exact) mass is 294 g/mol. The van der Waals surface area contributed by atoms with Gasteiger partial charge in [0.2, 0.25) is 0 Å². The van der Waals surface area contributed by atoms with Gasteiger partial charge in [-0.25, -0.2) is 0 Å². The quantitative estimate of drug-likeness (QED) is 0.868. The van der Waals surface area contributed by atoms with Crippen molar-refractivity contribution in [2.45, 2.75) is 13.0 Å². The summed E-state index contributed by atoms with van der Waals surface area (Å²) in [5.74, 6) is 0.713. The molecule has 0 aromatic heterocycles. The first kappa shape index (κ1) is 15.6. The van der Waals surface area contributed by atoms with Crippen molar-refractivity contribution in [1.82, 2.24) is 4.90 Å². The Morgan fingerprint density at radius 1 is 1.14 bits per heavy atom. The highest BCUT2D eigenvalue weighted by Gasteiger charge is 2.18. The molecule has 0 heterocycles. The Bertz CT molecular complexity index is 685. The summed E-state index contributed by atoms with van der Waals surface area (Å²) in [6.07, 6.45) is 0. The average molecular weight is 294 g/mol. The van der Waals surface area contributed by atoms with Crippen LogP contribution in [0.3, 0.4) is 0 Å². The van der Waals surface area contributed by atoms with Crippen LogP contribution < -0.4 is 4.74 Å². The first-order valence-corrected chi connectivity index (χ1v) is 6.98. The third kappa shape index (κ3) is 3.26. The van der Waals surface area contributed by atoms with Gasteiger partial charge in [-0.15, -0.1) is 0 Å². The molecule has 0 aliphatic rings. The molecule has 0 aliphatic heterocycles. The van der Waals surface area contributed by atoms with Crippen molar-refractivity contribution in [2.24, 2.45) is 0 Å². The molecule has 4 heteroatoms. The number of hydrogen-bond acceptors (Lipinski definition) is 3. The van der Waals surface area contributed by atoms with Gasteiger partial charge in [0.25, 0.3) is 5.91 Å². The lowest BCUT2D eigenvalue weighted by Crippen LogP contribution is -2.29. The van der Waals surface area contributed by atoms with Crippen LogP contribution >= 0.6 is 0 Å². The number of carbonyl (C=O) groups excluding carboxylic acids is 1. The van der Waals surface area contributed by atoms with Gasteiger partial charge in [-0.3, -0.25) is 4.79 Å². The van der Waals surface area contributed by atoms with Crippen LogP contribution in [-0.2, 0) is 0 Å². The van der Waals surface area contributed by atoms with Crippen molar-refractivity contribution in [3.63, 3.8) is 0 Å². The summed E-state index contributed by atoms with van der Waals surface area (Å²) in [5, 5.41) is 8.80. The zero-order valence-electron chi connectivity index (χ0n) is 12.9. The highest BCUT2D eigenvalue weighted by Crippen LogP contribution is 2.23. The van der Waals surface area contributed by atoms with E-state index >= 15 is 0 Å². The summed E-state index contributed by atoms with van der Waals surface area (Å²) in [4.78, 5) is 14.2. The molecule has 0 saturated heterocycles. The summed E-state index contributed by atoms with van der Waals surface area (Å²) in [7, 11) is 3.40. The van der Waals surface area contributed by atoms with Crippen LogP contribution in [0, 0.1) is 11.3 Å². The minimum Gasteiger partial charge on any atom is -0.497 e. The van der Waals surface area contributed by atoms with E-state index in [9.17, 15) is 4.79 Å².